The number of rotatable bonds is 0. The minimum atomic E-state index is 0.867. The van der Waals surface area contributed by atoms with Crippen molar-refractivity contribution in [3.05, 3.63) is 34.9 Å². The van der Waals surface area contributed by atoms with Gasteiger partial charge in [0.2, 0.25) is 0 Å². The van der Waals surface area contributed by atoms with Crippen molar-refractivity contribution in [3.63, 3.8) is 0 Å². The van der Waals surface area contributed by atoms with Crippen molar-refractivity contribution < 1.29 is 5.11 Å². The molecule has 1 aliphatic rings. The summed E-state index contributed by atoms with van der Waals surface area (Å²) in [6.07, 6.45) is 2.58. The first kappa shape index (κ1) is 14.2. The van der Waals surface area contributed by atoms with Crippen LogP contribution in [0.5, 0.6) is 0 Å². The summed E-state index contributed by atoms with van der Waals surface area (Å²) >= 11 is 0. The standard InChI is InChI=1S/C11H14.C2H6.CH4O/c1-8-3-4-10-6-9(2)7-11(10)5-8;2*1-2/h3-5,9H,6-7H2,1-2H3;1-2H3;2H,1H3. The Labute approximate surface area is 94.2 Å². The predicted octanol–water partition coefficient (Wildman–Crippen LogP) is 3.36. The van der Waals surface area contributed by atoms with Crippen LogP contribution in [0.4, 0.5) is 0 Å². The lowest BCUT2D eigenvalue weighted by molar-refractivity contribution is 0.399. The van der Waals surface area contributed by atoms with Crippen LogP contribution in [0.2, 0.25) is 0 Å². The van der Waals surface area contributed by atoms with E-state index in [0.717, 1.165) is 13.0 Å². The van der Waals surface area contributed by atoms with Gasteiger partial charge in [0.1, 0.15) is 0 Å². The molecule has 0 radical (unpaired) electrons. The summed E-state index contributed by atoms with van der Waals surface area (Å²) < 4.78 is 0. The van der Waals surface area contributed by atoms with Crippen molar-refractivity contribution in [1.82, 2.24) is 0 Å². The van der Waals surface area contributed by atoms with E-state index in [9.17, 15) is 0 Å². The first-order chi connectivity index (χ1) is 7.25. The maximum Gasteiger partial charge on any atom is 0.0319 e. The molecule has 1 heteroatoms. The van der Waals surface area contributed by atoms with Gasteiger partial charge in [-0.3, -0.25) is 0 Å². The maximum atomic E-state index is 7.00. The van der Waals surface area contributed by atoms with E-state index in [2.05, 4.69) is 32.0 Å². The van der Waals surface area contributed by atoms with Gasteiger partial charge in [0.05, 0.1) is 0 Å². The van der Waals surface area contributed by atoms with E-state index in [1.165, 1.54) is 18.4 Å². The maximum absolute atomic E-state index is 7.00. The summed E-state index contributed by atoms with van der Waals surface area (Å²) in [6.45, 7) is 8.50. The molecule has 0 saturated carbocycles. The minimum absolute atomic E-state index is 0.867. The monoisotopic (exact) mass is 208 g/mol. The van der Waals surface area contributed by atoms with Gasteiger partial charge in [-0.05, 0) is 36.8 Å². The molecule has 0 heterocycles. The number of fused-ring (bicyclic) bond motifs is 1. The van der Waals surface area contributed by atoms with Gasteiger partial charge in [-0.1, -0.05) is 44.5 Å². The molecule has 1 unspecified atom stereocenters. The van der Waals surface area contributed by atoms with Crippen LogP contribution in [-0.2, 0) is 12.8 Å². The van der Waals surface area contributed by atoms with Crippen LogP contribution >= 0.6 is 0 Å². The third-order valence-corrected chi connectivity index (χ3v) is 2.50. The number of hydrogen-bond acceptors (Lipinski definition) is 1. The van der Waals surface area contributed by atoms with E-state index < -0.39 is 0 Å². The molecule has 0 spiro atoms. The van der Waals surface area contributed by atoms with E-state index in [-0.39, 0.29) is 0 Å². The Morgan fingerprint density at radius 3 is 2.20 bits per heavy atom. The highest BCUT2D eigenvalue weighted by atomic mass is 16.2. The average molecular weight is 208 g/mol. The fraction of sp³-hybridized carbons (Fsp3) is 0.571. The minimum Gasteiger partial charge on any atom is -0.400 e. The van der Waals surface area contributed by atoms with Gasteiger partial charge in [0.25, 0.3) is 0 Å². The highest BCUT2D eigenvalue weighted by molar-refractivity contribution is 5.35. The highest BCUT2D eigenvalue weighted by Gasteiger charge is 2.16. The van der Waals surface area contributed by atoms with Crippen molar-refractivity contribution in [1.29, 1.82) is 0 Å². The van der Waals surface area contributed by atoms with Crippen molar-refractivity contribution in [2.24, 2.45) is 5.92 Å². The predicted molar refractivity (Wildman–Crippen MR) is 67.2 cm³/mol. The number of aryl methyl sites for hydroxylation is 1. The van der Waals surface area contributed by atoms with E-state index in [1.807, 2.05) is 13.8 Å². The van der Waals surface area contributed by atoms with Crippen LogP contribution in [0, 0.1) is 12.8 Å². The van der Waals surface area contributed by atoms with E-state index in [1.54, 1.807) is 11.1 Å². The first-order valence-corrected chi connectivity index (χ1v) is 5.79. The molecule has 0 amide bonds. The van der Waals surface area contributed by atoms with Crippen LogP contribution < -0.4 is 0 Å². The summed E-state index contributed by atoms with van der Waals surface area (Å²) in [6, 6.07) is 6.84. The van der Waals surface area contributed by atoms with Gasteiger partial charge < -0.3 is 5.11 Å². The number of aliphatic hydroxyl groups is 1. The molecule has 1 aliphatic carbocycles. The van der Waals surface area contributed by atoms with Crippen LogP contribution in [0.3, 0.4) is 0 Å². The van der Waals surface area contributed by atoms with Gasteiger partial charge in [0.15, 0.2) is 0 Å². The molecular formula is C14H24O. The van der Waals surface area contributed by atoms with Crippen molar-refractivity contribution in [3.8, 4) is 0 Å². The Bertz CT molecular complexity index is 279. The van der Waals surface area contributed by atoms with Crippen molar-refractivity contribution in [2.75, 3.05) is 7.11 Å². The second-order valence-corrected chi connectivity index (χ2v) is 3.79. The van der Waals surface area contributed by atoms with Gasteiger partial charge in [-0.25, -0.2) is 0 Å². The second kappa shape index (κ2) is 7.47. The van der Waals surface area contributed by atoms with Gasteiger partial charge in [0, 0.05) is 7.11 Å². The number of aliphatic hydroxyl groups excluding tert-OH is 1. The summed E-state index contributed by atoms with van der Waals surface area (Å²) in [5.41, 5.74) is 4.55. The fourth-order valence-corrected chi connectivity index (χ4v) is 1.97. The highest BCUT2D eigenvalue weighted by Crippen LogP contribution is 2.26. The van der Waals surface area contributed by atoms with Crippen molar-refractivity contribution >= 4 is 0 Å². The molecule has 0 fully saturated rings. The molecule has 2 rings (SSSR count). The third kappa shape index (κ3) is 4.05. The zero-order valence-corrected chi connectivity index (χ0v) is 10.7. The lowest BCUT2D eigenvalue weighted by Crippen LogP contribution is -1.89. The van der Waals surface area contributed by atoms with Crippen molar-refractivity contribution in [2.45, 2.75) is 40.5 Å². The quantitative estimate of drug-likeness (QED) is 0.693. The molecule has 0 saturated heterocycles. The zero-order valence-electron chi connectivity index (χ0n) is 10.7. The molecule has 0 aromatic heterocycles. The first-order valence-electron chi connectivity index (χ1n) is 5.79. The molecule has 1 nitrogen and oxygen atoms in total. The molecule has 15 heavy (non-hydrogen) atoms. The van der Waals surface area contributed by atoms with Crippen LogP contribution in [0.25, 0.3) is 0 Å². The smallest absolute Gasteiger partial charge is 0.0319 e. The number of hydrogen-bond donors (Lipinski definition) is 1. The van der Waals surface area contributed by atoms with Gasteiger partial charge in [-0.15, -0.1) is 0 Å². The third-order valence-electron chi connectivity index (χ3n) is 2.50. The Kier molecular flexibility index (Phi) is 7.06. The Balaban J connectivity index is 0.000000442. The second-order valence-electron chi connectivity index (χ2n) is 3.79. The van der Waals surface area contributed by atoms with E-state index in [0.29, 0.717) is 0 Å². The Hall–Kier alpha value is -0.820. The topological polar surface area (TPSA) is 20.2 Å². The van der Waals surface area contributed by atoms with Crippen LogP contribution in [-0.4, -0.2) is 12.2 Å². The zero-order chi connectivity index (χ0) is 11.8. The molecule has 1 aromatic carbocycles. The number of benzene rings is 1. The largest absolute Gasteiger partial charge is 0.400 e. The van der Waals surface area contributed by atoms with E-state index >= 15 is 0 Å². The lowest BCUT2D eigenvalue weighted by Gasteiger charge is -1.98. The molecule has 1 N–H and O–H groups in total. The summed E-state index contributed by atoms with van der Waals surface area (Å²) in [4.78, 5) is 0. The molecule has 1 atom stereocenters. The lowest BCUT2D eigenvalue weighted by atomic mass is 10.1. The molecule has 86 valence electrons. The average Bonchev–Trinajstić information content (AvgIpc) is 2.63. The molecule has 1 aromatic rings. The van der Waals surface area contributed by atoms with Crippen LogP contribution in [0.1, 0.15) is 37.5 Å². The van der Waals surface area contributed by atoms with Crippen LogP contribution in [0.15, 0.2) is 18.2 Å². The van der Waals surface area contributed by atoms with Gasteiger partial charge in [-0.2, -0.15) is 0 Å². The van der Waals surface area contributed by atoms with E-state index in [4.69, 9.17) is 5.11 Å². The SMILES string of the molecule is CC.CO.Cc1ccc2c(c1)CC(C)C2. The summed E-state index contributed by atoms with van der Waals surface area (Å²) in [5, 5.41) is 7.00. The molecule has 0 aliphatic heterocycles. The molecular weight excluding hydrogens is 184 g/mol. The molecule has 0 bridgehead atoms. The summed E-state index contributed by atoms with van der Waals surface area (Å²) in [7, 11) is 1.00. The normalized spacial score (nSPS) is 16.8. The Morgan fingerprint density at radius 2 is 1.60 bits per heavy atom. The van der Waals surface area contributed by atoms with Gasteiger partial charge >= 0.3 is 0 Å². The fourth-order valence-electron chi connectivity index (χ4n) is 1.97. The summed E-state index contributed by atoms with van der Waals surface area (Å²) in [5.74, 6) is 0.867. The Morgan fingerprint density at radius 1 is 1.07 bits per heavy atom.